The summed E-state index contributed by atoms with van der Waals surface area (Å²) >= 11 is 0. The van der Waals surface area contributed by atoms with Crippen LogP contribution in [0.4, 0.5) is 0 Å². The molecule has 4 bridgehead atoms. The molecular weight excluding hydrogens is 268 g/mol. The average Bonchev–Trinajstić information content (AvgIpc) is 2.48. The fourth-order valence-electron chi connectivity index (χ4n) is 6.01. The highest BCUT2D eigenvalue weighted by molar-refractivity contribution is 5.06. The lowest BCUT2D eigenvalue weighted by molar-refractivity contribution is -0.0196. The van der Waals surface area contributed by atoms with Crippen LogP contribution in [0, 0.1) is 17.8 Å². The van der Waals surface area contributed by atoms with E-state index >= 15 is 0 Å². The van der Waals surface area contributed by atoms with Gasteiger partial charge in [0.25, 0.3) is 0 Å². The summed E-state index contributed by atoms with van der Waals surface area (Å²) in [7, 11) is 0. The van der Waals surface area contributed by atoms with Gasteiger partial charge in [-0.05, 0) is 82.2 Å². The van der Waals surface area contributed by atoms with Gasteiger partial charge in [0.15, 0.2) is 0 Å². The molecule has 0 unspecified atom stereocenters. The minimum atomic E-state index is 0.580. The number of nitrogens with two attached hydrogens (primary N) is 1. The van der Waals surface area contributed by atoms with Crippen molar-refractivity contribution in [3.05, 3.63) is 0 Å². The van der Waals surface area contributed by atoms with E-state index in [1.807, 2.05) is 0 Å². The highest BCUT2D eigenvalue weighted by atomic mass is 15.0. The van der Waals surface area contributed by atoms with Crippen LogP contribution in [-0.2, 0) is 0 Å². The summed E-state index contributed by atoms with van der Waals surface area (Å²) in [6.07, 6.45) is 20.2. The predicted molar refractivity (Wildman–Crippen MR) is 94.9 cm³/mol. The van der Waals surface area contributed by atoms with Crippen molar-refractivity contribution in [1.82, 2.24) is 5.32 Å². The quantitative estimate of drug-likeness (QED) is 0.546. The molecule has 128 valence electrons. The third-order valence-electron chi connectivity index (χ3n) is 6.67. The Bertz CT molecular complexity index is 290. The Morgan fingerprint density at radius 3 is 1.64 bits per heavy atom. The fraction of sp³-hybridized carbons (Fsp3) is 1.00. The maximum absolute atomic E-state index is 5.52. The lowest BCUT2D eigenvalue weighted by Gasteiger charge is -2.57. The first kappa shape index (κ1) is 16.8. The molecule has 0 aliphatic heterocycles. The van der Waals surface area contributed by atoms with E-state index in [0.29, 0.717) is 5.54 Å². The molecule has 0 amide bonds. The minimum absolute atomic E-state index is 0.580. The highest BCUT2D eigenvalue weighted by Crippen LogP contribution is 2.55. The van der Waals surface area contributed by atoms with Crippen LogP contribution in [0.2, 0.25) is 0 Å². The molecule has 22 heavy (non-hydrogen) atoms. The SMILES string of the molecule is NCCCCCCCCCCNC12CC3CC(CC(C3)C1)C2. The van der Waals surface area contributed by atoms with Gasteiger partial charge in [0.1, 0.15) is 0 Å². The van der Waals surface area contributed by atoms with E-state index in [-0.39, 0.29) is 0 Å². The minimum Gasteiger partial charge on any atom is -0.330 e. The van der Waals surface area contributed by atoms with Crippen molar-refractivity contribution in [2.24, 2.45) is 23.5 Å². The van der Waals surface area contributed by atoms with E-state index in [2.05, 4.69) is 5.32 Å². The van der Waals surface area contributed by atoms with Crippen LogP contribution >= 0.6 is 0 Å². The Hall–Kier alpha value is -0.0800. The molecule has 0 aromatic rings. The van der Waals surface area contributed by atoms with Gasteiger partial charge in [-0.2, -0.15) is 0 Å². The van der Waals surface area contributed by atoms with Gasteiger partial charge in [0.05, 0.1) is 0 Å². The zero-order chi connectivity index (χ0) is 15.3. The second-order valence-corrected chi connectivity index (χ2v) is 8.74. The summed E-state index contributed by atoms with van der Waals surface area (Å²) < 4.78 is 0. The van der Waals surface area contributed by atoms with Gasteiger partial charge in [0.2, 0.25) is 0 Å². The number of nitrogens with one attached hydrogen (secondary N) is 1. The third-order valence-corrected chi connectivity index (χ3v) is 6.67. The Kier molecular flexibility index (Phi) is 6.21. The maximum Gasteiger partial charge on any atom is 0.0189 e. The number of rotatable bonds is 11. The Morgan fingerprint density at radius 1 is 0.682 bits per heavy atom. The second kappa shape index (κ2) is 8.15. The lowest BCUT2D eigenvalue weighted by atomic mass is 9.53. The van der Waals surface area contributed by atoms with E-state index < -0.39 is 0 Å². The first-order valence-corrected chi connectivity index (χ1v) is 10.2. The van der Waals surface area contributed by atoms with Crippen molar-refractivity contribution in [3.63, 3.8) is 0 Å². The molecule has 0 heterocycles. The number of hydrogen-bond acceptors (Lipinski definition) is 2. The molecule has 4 saturated carbocycles. The summed E-state index contributed by atoms with van der Waals surface area (Å²) in [6, 6.07) is 0. The van der Waals surface area contributed by atoms with Crippen molar-refractivity contribution >= 4 is 0 Å². The van der Waals surface area contributed by atoms with E-state index in [4.69, 9.17) is 5.73 Å². The number of hydrogen-bond donors (Lipinski definition) is 2. The van der Waals surface area contributed by atoms with Crippen LogP contribution < -0.4 is 11.1 Å². The van der Waals surface area contributed by atoms with Crippen molar-refractivity contribution in [2.75, 3.05) is 13.1 Å². The maximum atomic E-state index is 5.52. The Morgan fingerprint density at radius 2 is 1.14 bits per heavy atom. The molecule has 4 rings (SSSR count). The Balaban J connectivity index is 1.22. The van der Waals surface area contributed by atoms with Gasteiger partial charge in [-0.3, -0.25) is 0 Å². The first-order chi connectivity index (χ1) is 10.8. The van der Waals surface area contributed by atoms with Crippen LogP contribution in [0.15, 0.2) is 0 Å². The van der Waals surface area contributed by atoms with E-state index in [9.17, 15) is 0 Å². The molecule has 0 aromatic heterocycles. The largest absolute Gasteiger partial charge is 0.330 e. The van der Waals surface area contributed by atoms with E-state index in [0.717, 1.165) is 24.3 Å². The molecule has 2 heteroatoms. The highest BCUT2D eigenvalue weighted by Gasteiger charge is 2.50. The van der Waals surface area contributed by atoms with Gasteiger partial charge in [-0.25, -0.2) is 0 Å². The van der Waals surface area contributed by atoms with Gasteiger partial charge in [0, 0.05) is 5.54 Å². The van der Waals surface area contributed by atoms with E-state index in [1.54, 1.807) is 19.3 Å². The standard InChI is InChI=1S/C20H38N2/c21-9-7-5-3-1-2-4-6-8-10-22-20-14-17-11-18(15-20)13-19(12-17)16-20/h17-19,22H,1-16,21H2. The first-order valence-electron chi connectivity index (χ1n) is 10.2. The average molecular weight is 307 g/mol. The summed E-state index contributed by atoms with van der Waals surface area (Å²) in [6.45, 7) is 2.15. The van der Waals surface area contributed by atoms with Gasteiger partial charge >= 0.3 is 0 Å². The van der Waals surface area contributed by atoms with Crippen molar-refractivity contribution in [2.45, 2.75) is 95.4 Å². The van der Waals surface area contributed by atoms with Crippen LogP contribution in [0.3, 0.4) is 0 Å². The van der Waals surface area contributed by atoms with Crippen LogP contribution in [0.5, 0.6) is 0 Å². The van der Waals surface area contributed by atoms with Crippen LogP contribution in [0.1, 0.15) is 89.9 Å². The molecule has 2 nitrogen and oxygen atoms in total. The van der Waals surface area contributed by atoms with Crippen molar-refractivity contribution < 1.29 is 0 Å². The van der Waals surface area contributed by atoms with Crippen LogP contribution in [0.25, 0.3) is 0 Å². The summed E-state index contributed by atoms with van der Waals surface area (Å²) in [5, 5.41) is 4.03. The summed E-state index contributed by atoms with van der Waals surface area (Å²) in [5.41, 5.74) is 6.11. The molecule has 0 aromatic carbocycles. The molecule has 0 saturated heterocycles. The molecule has 0 spiro atoms. The second-order valence-electron chi connectivity index (χ2n) is 8.74. The Labute approximate surface area is 138 Å². The topological polar surface area (TPSA) is 38.0 Å². The third kappa shape index (κ3) is 4.47. The smallest absolute Gasteiger partial charge is 0.0189 e. The molecule has 4 fully saturated rings. The summed E-state index contributed by atoms with van der Waals surface area (Å²) in [4.78, 5) is 0. The van der Waals surface area contributed by atoms with Gasteiger partial charge in [-0.1, -0.05) is 38.5 Å². The molecule has 3 N–H and O–H groups in total. The van der Waals surface area contributed by atoms with E-state index in [1.165, 1.54) is 77.2 Å². The zero-order valence-electron chi connectivity index (χ0n) is 14.6. The monoisotopic (exact) mass is 306 g/mol. The van der Waals surface area contributed by atoms with Gasteiger partial charge < -0.3 is 11.1 Å². The molecule has 4 aliphatic carbocycles. The molecule has 4 aliphatic rings. The van der Waals surface area contributed by atoms with Crippen molar-refractivity contribution in [1.29, 1.82) is 0 Å². The van der Waals surface area contributed by atoms with Crippen molar-refractivity contribution in [3.8, 4) is 0 Å². The predicted octanol–water partition coefficient (Wildman–Crippen LogP) is 4.62. The lowest BCUT2D eigenvalue weighted by Crippen LogP contribution is -2.58. The molecular formula is C20H38N2. The fourth-order valence-corrected chi connectivity index (χ4v) is 6.01. The normalized spacial score (nSPS) is 36.1. The van der Waals surface area contributed by atoms with Gasteiger partial charge in [-0.15, -0.1) is 0 Å². The summed E-state index contributed by atoms with van der Waals surface area (Å²) in [5.74, 6) is 3.23. The molecule has 0 radical (unpaired) electrons. The number of unbranched alkanes of at least 4 members (excludes halogenated alkanes) is 7. The zero-order valence-corrected chi connectivity index (χ0v) is 14.6. The molecule has 0 atom stereocenters. The van der Waals surface area contributed by atoms with Crippen LogP contribution in [-0.4, -0.2) is 18.6 Å².